The van der Waals surface area contributed by atoms with E-state index in [1.807, 2.05) is 32.0 Å². The number of aliphatic hydroxyl groups excluding tert-OH is 1. The highest BCUT2D eigenvalue weighted by Crippen LogP contribution is 2.20. The topological polar surface area (TPSA) is 52.6 Å². The second-order valence-electron chi connectivity index (χ2n) is 5.79. The highest BCUT2D eigenvalue weighted by atomic mass is 16.3. The van der Waals surface area contributed by atoms with Crippen molar-refractivity contribution in [3.8, 4) is 0 Å². The molecule has 1 fully saturated rings. The molecule has 0 aliphatic carbocycles. The molecule has 104 valence electrons. The summed E-state index contributed by atoms with van der Waals surface area (Å²) < 4.78 is 0. The van der Waals surface area contributed by atoms with Gasteiger partial charge in [0.25, 0.3) is 0 Å². The van der Waals surface area contributed by atoms with Crippen LogP contribution < -0.4 is 5.32 Å². The van der Waals surface area contributed by atoms with Crippen LogP contribution in [0.15, 0.2) is 30.3 Å². The van der Waals surface area contributed by atoms with Gasteiger partial charge in [-0.05, 0) is 25.8 Å². The van der Waals surface area contributed by atoms with Crippen LogP contribution in [0.5, 0.6) is 0 Å². The lowest BCUT2D eigenvalue weighted by molar-refractivity contribution is -0.134. The van der Waals surface area contributed by atoms with E-state index in [1.54, 1.807) is 0 Å². The molecule has 4 heteroatoms. The summed E-state index contributed by atoms with van der Waals surface area (Å²) in [6.07, 6.45) is 0.481. The molecule has 2 N–H and O–H groups in total. The Morgan fingerprint density at radius 2 is 2.05 bits per heavy atom. The zero-order valence-corrected chi connectivity index (χ0v) is 11.6. The molecule has 0 aromatic heterocycles. The normalized spacial score (nSPS) is 23.1. The second-order valence-corrected chi connectivity index (χ2v) is 5.79. The first-order chi connectivity index (χ1) is 9.02. The van der Waals surface area contributed by atoms with Gasteiger partial charge in [0, 0.05) is 25.2 Å². The number of nitrogens with zero attached hydrogens (tertiary/aromatic N) is 1. The fourth-order valence-corrected chi connectivity index (χ4v) is 2.66. The Morgan fingerprint density at radius 3 is 2.68 bits per heavy atom. The highest BCUT2D eigenvalue weighted by molar-refractivity contribution is 5.83. The van der Waals surface area contributed by atoms with Crippen LogP contribution in [0.25, 0.3) is 0 Å². The van der Waals surface area contributed by atoms with E-state index in [-0.39, 0.29) is 24.1 Å². The maximum absolute atomic E-state index is 12.1. The number of nitrogens with one attached hydrogen (secondary N) is 1. The maximum atomic E-state index is 12.1. The van der Waals surface area contributed by atoms with Gasteiger partial charge in [0.1, 0.15) is 0 Å². The number of rotatable bonds is 4. The monoisotopic (exact) mass is 262 g/mol. The predicted octanol–water partition coefficient (Wildman–Crippen LogP) is 1.15. The van der Waals surface area contributed by atoms with E-state index in [9.17, 15) is 4.79 Å². The molecule has 1 amide bonds. The fourth-order valence-electron chi connectivity index (χ4n) is 2.66. The summed E-state index contributed by atoms with van der Waals surface area (Å²) in [5, 5.41) is 12.2. The lowest BCUT2D eigenvalue weighted by Crippen LogP contribution is -2.64. The van der Waals surface area contributed by atoms with Gasteiger partial charge in [-0.15, -0.1) is 0 Å². The Hall–Kier alpha value is -1.39. The summed E-state index contributed by atoms with van der Waals surface area (Å²) >= 11 is 0. The Balaban J connectivity index is 2.15. The molecule has 2 rings (SSSR count). The van der Waals surface area contributed by atoms with Crippen LogP contribution in [0.4, 0.5) is 0 Å². The van der Waals surface area contributed by atoms with E-state index in [0.717, 1.165) is 13.1 Å². The largest absolute Gasteiger partial charge is 0.396 e. The van der Waals surface area contributed by atoms with E-state index >= 15 is 0 Å². The lowest BCUT2D eigenvalue weighted by Gasteiger charge is -2.43. The standard InChI is InChI=1S/C15H22N2O2/c1-15(2)11-17(10-12-6-4-3-5-7-12)13(8-9-18)14(19)16-15/h3-7,13,18H,8-11H2,1-2H3,(H,16,19). The minimum Gasteiger partial charge on any atom is -0.396 e. The smallest absolute Gasteiger partial charge is 0.237 e. The summed E-state index contributed by atoms with van der Waals surface area (Å²) in [6.45, 7) is 5.61. The van der Waals surface area contributed by atoms with Gasteiger partial charge in [0.2, 0.25) is 5.91 Å². The van der Waals surface area contributed by atoms with Crippen LogP contribution in [-0.2, 0) is 11.3 Å². The lowest BCUT2D eigenvalue weighted by atomic mass is 9.96. The Labute approximate surface area is 114 Å². The number of carbonyl (C=O) groups is 1. The number of hydrogen-bond donors (Lipinski definition) is 2. The summed E-state index contributed by atoms with van der Waals surface area (Å²) in [6, 6.07) is 9.89. The van der Waals surface area contributed by atoms with Gasteiger partial charge in [-0.1, -0.05) is 30.3 Å². The van der Waals surface area contributed by atoms with E-state index in [4.69, 9.17) is 5.11 Å². The SMILES string of the molecule is CC1(C)CN(Cc2ccccc2)C(CCO)C(=O)N1. The Bertz CT molecular complexity index is 431. The third-order valence-corrected chi connectivity index (χ3v) is 3.43. The van der Waals surface area contributed by atoms with Crippen molar-refractivity contribution in [3.63, 3.8) is 0 Å². The average molecular weight is 262 g/mol. The van der Waals surface area contributed by atoms with Crippen molar-refractivity contribution < 1.29 is 9.90 Å². The summed E-state index contributed by atoms with van der Waals surface area (Å²) in [5.74, 6) is 0.0150. The van der Waals surface area contributed by atoms with Crippen molar-refractivity contribution in [2.75, 3.05) is 13.2 Å². The molecule has 0 bridgehead atoms. The zero-order valence-electron chi connectivity index (χ0n) is 11.6. The predicted molar refractivity (Wildman–Crippen MR) is 74.6 cm³/mol. The van der Waals surface area contributed by atoms with Crippen molar-refractivity contribution in [2.45, 2.75) is 38.4 Å². The summed E-state index contributed by atoms with van der Waals surface area (Å²) in [4.78, 5) is 14.3. The van der Waals surface area contributed by atoms with Gasteiger partial charge in [-0.25, -0.2) is 0 Å². The van der Waals surface area contributed by atoms with Crippen molar-refractivity contribution in [1.82, 2.24) is 10.2 Å². The van der Waals surface area contributed by atoms with E-state index in [0.29, 0.717) is 6.42 Å². The molecular weight excluding hydrogens is 240 g/mol. The summed E-state index contributed by atoms with van der Waals surface area (Å²) in [7, 11) is 0. The second kappa shape index (κ2) is 5.72. The van der Waals surface area contributed by atoms with Gasteiger partial charge in [-0.2, -0.15) is 0 Å². The van der Waals surface area contributed by atoms with Crippen molar-refractivity contribution in [1.29, 1.82) is 0 Å². The molecule has 1 heterocycles. The van der Waals surface area contributed by atoms with Gasteiger partial charge in [-0.3, -0.25) is 9.69 Å². The molecule has 0 radical (unpaired) electrons. The average Bonchev–Trinajstić information content (AvgIpc) is 2.34. The molecule has 0 spiro atoms. The molecule has 0 saturated carbocycles. The fraction of sp³-hybridized carbons (Fsp3) is 0.533. The van der Waals surface area contributed by atoms with Crippen LogP contribution in [0.1, 0.15) is 25.8 Å². The first-order valence-corrected chi connectivity index (χ1v) is 6.73. The molecule has 1 atom stereocenters. The molecule has 4 nitrogen and oxygen atoms in total. The molecule has 1 saturated heterocycles. The minimum atomic E-state index is -0.238. The third kappa shape index (κ3) is 3.55. The number of benzene rings is 1. The molecule has 1 aliphatic rings. The van der Waals surface area contributed by atoms with Crippen molar-refractivity contribution >= 4 is 5.91 Å². The molecular formula is C15H22N2O2. The Morgan fingerprint density at radius 1 is 1.37 bits per heavy atom. The zero-order chi connectivity index (χ0) is 13.9. The van der Waals surface area contributed by atoms with Gasteiger partial charge in [0.05, 0.1) is 6.04 Å². The minimum absolute atomic E-state index is 0.0150. The van der Waals surface area contributed by atoms with Crippen molar-refractivity contribution in [2.24, 2.45) is 0 Å². The molecule has 1 unspecified atom stereocenters. The van der Waals surface area contributed by atoms with Crippen LogP contribution in [0.3, 0.4) is 0 Å². The van der Waals surface area contributed by atoms with Crippen LogP contribution in [-0.4, -0.2) is 40.6 Å². The van der Waals surface area contributed by atoms with E-state index in [2.05, 4.69) is 22.3 Å². The van der Waals surface area contributed by atoms with Crippen molar-refractivity contribution in [3.05, 3.63) is 35.9 Å². The van der Waals surface area contributed by atoms with E-state index in [1.165, 1.54) is 5.56 Å². The van der Waals surface area contributed by atoms with Gasteiger partial charge >= 0.3 is 0 Å². The van der Waals surface area contributed by atoms with Crippen LogP contribution in [0.2, 0.25) is 0 Å². The molecule has 1 aliphatic heterocycles. The quantitative estimate of drug-likeness (QED) is 0.856. The number of piperazine rings is 1. The Kier molecular flexibility index (Phi) is 4.22. The summed E-state index contributed by atoms with van der Waals surface area (Å²) in [5.41, 5.74) is 0.966. The first-order valence-electron chi connectivity index (χ1n) is 6.73. The number of amides is 1. The number of carbonyl (C=O) groups excluding carboxylic acids is 1. The third-order valence-electron chi connectivity index (χ3n) is 3.43. The number of hydrogen-bond acceptors (Lipinski definition) is 3. The molecule has 1 aromatic rings. The van der Waals surface area contributed by atoms with Gasteiger partial charge < -0.3 is 10.4 Å². The first kappa shape index (κ1) is 14.0. The molecule has 19 heavy (non-hydrogen) atoms. The van der Waals surface area contributed by atoms with Crippen LogP contribution >= 0.6 is 0 Å². The highest BCUT2D eigenvalue weighted by Gasteiger charge is 2.37. The van der Waals surface area contributed by atoms with E-state index < -0.39 is 0 Å². The van der Waals surface area contributed by atoms with Crippen LogP contribution in [0, 0.1) is 0 Å². The number of aliphatic hydroxyl groups is 1. The van der Waals surface area contributed by atoms with Gasteiger partial charge in [0.15, 0.2) is 0 Å². The maximum Gasteiger partial charge on any atom is 0.237 e. The molecule has 1 aromatic carbocycles.